The summed E-state index contributed by atoms with van der Waals surface area (Å²) < 4.78 is 18.9. The first kappa shape index (κ1) is 17.9. The number of hydrogen-bond donors (Lipinski definition) is 1. The van der Waals surface area contributed by atoms with Gasteiger partial charge in [-0.15, -0.1) is 0 Å². The number of halogens is 1. The number of ether oxygens (including phenoxy) is 1. The predicted molar refractivity (Wildman–Crippen MR) is 102 cm³/mol. The minimum absolute atomic E-state index is 0.137. The van der Waals surface area contributed by atoms with E-state index in [4.69, 9.17) is 4.74 Å². The largest absolute Gasteiger partial charge is 0.480 e. The number of hydrogen-bond acceptors (Lipinski definition) is 2. The van der Waals surface area contributed by atoms with Gasteiger partial charge in [0.25, 0.3) is 5.91 Å². The van der Waals surface area contributed by atoms with Gasteiger partial charge in [-0.25, -0.2) is 4.39 Å². The molecular formula is C22H22FNO2. The fourth-order valence-corrected chi connectivity index (χ4v) is 2.87. The first-order chi connectivity index (χ1) is 12.7. The molecule has 0 radical (unpaired) electrons. The van der Waals surface area contributed by atoms with Crippen molar-refractivity contribution in [3.05, 3.63) is 78.1 Å². The van der Waals surface area contributed by atoms with Crippen LogP contribution in [0, 0.1) is 5.82 Å². The highest BCUT2D eigenvalue weighted by molar-refractivity contribution is 5.89. The Kier molecular flexibility index (Phi) is 5.84. The van der Waals surface area contributed by atoms with E-state index >= 15 is 0 Å². The molecule has 0 spiro atoms. The van der Waals surface area contributed by atoms with Gasteiger partial charge in [-0.05, 0) is 42.0 Å². The molecule has 0 aromatic heterocycles. The summed E-state index contributed by atoms with van der Waals surface area (Å²) in [5.41, 5.74) is 0.981. The van der Waals surface area contributed by atoms with Gasteiger partial charge in [0.2, 0.25) is 0 Å². The summed E-state index contributed by atoms with van der Waals surface area (Å²) >= 11 is 0. The summed E-state index contributed by atoms with van der Waals surface area (Å²) in [4.78, 5) is 12.5. The highest BCUT2D eigenvalue weighted by Crippen LogP contribution is 2.26. The maximum absolute atomic E-state index is 12.9. The average Bonchev–Trinajstić information content (AvgIpc) is 2.67. The van der Waals surface area contributed by atoms with E-state index in [2.05, 4.69) is 5.32 Å². The van der Waals surface area contributed by atoms with Gasteiger partial charge >= 0.3 is 0 Å². The maximum Gasteiger partial charge on any atom is 0.261 e. The molecule has 0 aliphatic heterocycles. The Morgan fingerprint density at radius 1 is 1.04 bits per heavy atom. The number of fused-ring (bicyclic) bond motifs is 1. The van der Waals surface area contributed by atoms with Crippen LogP contribution >= 0.6 is 0 Å². The van der Waals surface area contributed by atoms with E-state index in [0.29, 0.717) is 25.1 Å². The van der Waals surface area contributed by atoms with E-state index in [0.717, 1.165) is 16.3 Å². The molecule has 0 aliphatic carbocycles. The maximum atomic E-state index is 12.9. The molecule has 0 saturated carbocycles. The van der Waals surface area contributed by atoms with Crippen molar-refractivity contribution in [2.24, 2.45) is 0 Å². The quantitative estimate of drug-likeness (QED) is 0.681. The molecule has 0 heterocycles. The Morgan fingerprint density at radius 3 is 2.54 bits per heavy atom. The smallest absolute Gasteiger partial charge is 0.261 e. The van der Waals surface area contributed by atoms with E-state index < -0.39 is 6.10 Å². The normalized spacial score (nSPS) is 11.9. The van der Waals surface area contributed by atoms with Crippen LogP contribution in [-0.2, 0) is 11.2 Å². The molecule has 4 heteroatoms. The number of rotatable bonds is 7. The fraction of sp³-hybridized carbons (Fsp3) is 0.227. The Bertz CT molecular complexity index is 871. The monoisotopic (exact) mass is 351 g/mol. The SMILES string of the molecule is CC[C@@H](Oc1cccc2ccccc12)C(=O)NCCc1ccc(F)cc1. The van der Waals surface area contributed by atoms with E-state index in [9.17, 15) is 9.18 Å². The van der Waals surface area contributed by atoms with Crippen molar-refractivity contribution >= 4 is 16.7 Å². The lowest BCUT2D eigenvalue weighted by Crippen LogP contribution is -2.39. The van der Waals surface area contributed by atoms with E-state index in [1.165, 1.54) is 12.1 Å². The molecule has 0 aliphatic rings. The van der Waals surface area contributed by atoms with Crippen molar-refractivity contribution in [3.63, 3.8) is 0 Å². The number of carbonyl (C=O) groups is 1. The number of carbonyl (C=O) groups excluding carboxylic acids is 1. The van der Waals surface area contributed by atoms with Crippen LogP contribution in [0.25, 0.3) is 10.8 Å². The van der Waals surface area contributed by atoms with Gasteiger partial charge in [-0.2, -0.15) is 0 Å². The topological polar surface area (TPSA) is 38.3 Å². The minimum atomic E-state index is -0.547. The van der Waals surface area contributed by atoms with Crippen molar-refractivity contribution in [1.82, 2.24) is 5.32 Å². The summed E-state index contributed by atoms with van der Waals surface area (Å²) in [7, 11) is 0. The van der Waals surface area contributed by atoms with Crippen LogP contribution in [-0.4, -0.2) is 18.6 Å². The van der Waals surface area contributed by atoms with Crippen LogP contribution < -0.4 is 10.1 Å². The summed E-state index contributed by atoms with van der Waals surface area (Å²) in [6, 6.07) is 20.1. The summed E-state index contributed by atoms with van der Waals surface area (Å²) in [6.07, 6.45) is 0.677. The third kappa shape index (κ3) is 4.39. The standard InChI is InChI=1S/C22H22FNO2/c1-2-20(22(25)24-15-14-16-10-12-18(23)13-11-16)26-21-9-5-7-17-6-3-4-8-19(17)21/h3-13,20H,2,14-15H2,1H3,(H,24,25)/t20-/m1/s1. The van der Waals surface area contributed by atoms with Gasteiger partial charge in [-0.1, -0.05) is 55.5 Å². The summed E-state index contributed by atoms with van der Waals surface area (Å²) in [6.45, 7) is 2.41. The zero-order chi connectivity index (χ0) is 18.4. The Balaban J connectivity index is 1.60. The van der Waals surface area contributed by atoms with Crippen molar-refractivity contribution in [3.8, 4) is 5.75 Å². The number of nitrogens with one attached hydrogen (secondary N) is 1. The lowest BCUT2D eigenvalue weighted by atomic mass is 10.1. The number of amides is 1. The van der Waals surface area contributed by atoms with Gasteiger partial charge in [0, 0.05) is 11.9 Å². The second kappa shape index (κ2) is 8.48. The Morgan fingerprint density at radius 2 is 1.77 bits per heavy atom. The molecule has 3 rings (SSSR count). The van der Waals surface area contributed by atoms with Gasteiger partial charge < -0.3 is 10.1 Å². The molecule has 1 atom stereocenters. The molecule has 3 nitrogen and oxygen atoms in total. The second-order valence-electron chi connectivity index (χ2n) is 6.16. The zero-order valence-corrected chi connectivity index (χ0v) is 14.7. The van der Waals surface area contributed by atoms with E-state index in [1.807, 2.05) is 49.4 Å². The van der Waals surface area contributed by atoms with Crippen molar-refractivity contribution in [1.29, 1.82) is 0 Å². The van der Waals surface area contributed by atoms with Crippen LogP contribution in [0.1, 0.15) is 18.9 Å². The molecular weight excluding hydrogens is 329 g/mol. The van der Waals surface area contributed by atoms with Gasteiger partial charge in [-0.3, -0.25) is 4.79 Å². The van der Waals surface area contributed by atoms with Gasteiger partial charge in [0.05, 0.1) is 0 Å². The molecule has 0 saturated heterocycles. The first-order valence-corrected chi connectivity index (χ1v) is 8.84. The fourth-order valence-electron chi connectivity index (χ4n) is 2.87. The number of benzene rings is 3. The summed E-state index contributed by atoms with van der Waals surface area (Å²) in [5, 5.41) is 4.98. The molecule has 1 N–H and O–H groups in total. The van der Waals surface area contributed by atoms with E-state index in [-0.39, 0.29) is 11.7 Å². The van der Waals surface area contributed by atoms with Crippen LogP contribution in [0.3, 0.4) is 0 Å². The van der Waals surface area contributed by atoms with E-state index in [1.54, 1.807) is 12.1 Å². The first-order valence-electron chi connectivity index (χ1n) is 8.84. The van der Waals surface area contributed by atoms with Crippen LogP contribution in [0.5, 0.6) is 5.75 Å². The van der Waals surface area contributed by atoms with Crippen molar-refractivity contribution in [2.45, 2.75) is 25.9 Å². The Hall–Kier alpha value is -2.88. The molecule has 1 amide bonds. The minimum Gasteiger partial charge on any atom is -0.480 e. The average molecular weight is 351 g/mol. The van der Waals surface area contributed by atoms with Crippen molar-refractivity contribution < 1.29 is 13.9 Å². The summed E-state index contributed by atoms with van der Waals surface area (Å²) in [5.74, 6) is 0.318. The van der Waals surface area contributed by atoms with Crippen LogP contribution in [0.4, 0.5) is 4.39 Å². The lowest BCUT2D eigenvalue weighted by molar-refractivity contribution is -0.128. The molecule has 3 aromatic rings. The molecule has 0 fully saturated rings. The molecule has 3 aromatic carbocycles. The molecule has 0 bridgehead atoms. The van der Waals surface area contributed by atoms with Crippen LogP contribution in [0.15, 0.2) is 66.7 Å². The van der Waals surface area contributed by atoms with Crippen molar-refractivity contribution in [2.75, 3.05) is 6.54 Å². The zero-order valence-electron chi connectivity index (χ0n) is 14.7. The van der Waals surface area contributed by atoms with Crippen LogP contribution in [0.2, 0.25) is 0 Å². The molecule has 0 unspecified atom stereocenters. The predicted octanol–water partition coefficient (Wildman–Crippen LogP) is 4.50. The molecule has 26 heavy (non-hydrogen) atoms. The third-order valence-electron chi connectivity index (χ3n) is 4.31. The Labute approximate surface area is 152 Å². The van der Waals surface area contributed by atoms with Gasteiger partial charge in [0.1, 0.15) is 11.6 Å². The lowest BCUT2D eigenvalue weighted by Gasteiger charge is -2.18. The highest BCUT2D eigenvalue weighted by atomic mass is 19.1. The van der Waals surface area contributed by atoms with Gasteiger partial charge in [0.15, 0.2) is 6.10 Å². The third-order valence-corrected chi connectivity index (χ3v) is 4.31. The molecule has 134 valence electrons. The highest BCUT2D eigenvalue weighted by Gasteiger charge is 2.18. The second-order valence-corrected chi connectivity index (χ2v) is 6.16.